The number of amides is 2. The smallest absolute Gasteiger partial charge is 0.247 e. The molecule has 0 bridgehead atoms. The maximum atomic E-state index is 13.3. The Kier molecular flexibility index (Phi) is 7.84. The van der Waals surface area contributed by atoms with Gasteiger partial charge in [-0.15, -0.1) is 5.10 Å². The lowest BCUT2D eigenvalue weighted by atomic mass is 10.0. The molecule has 4 N–H and O–H groups in total. The molecule has 1 atom stereocenters. The summed E-state index contributed by atoms with van der Waals surface area (Å²) in [5.74, 6) is -0.283. The molecule has 3 aromatic carbocycles. The molecule has 5 rings (SSSR count). The molecule has 13 heteroatoms. The first-order valence-corrected chi connectivity index (χ1v) is 12.3. The van der Waals surface area contributed by atoms with Crippen LogP contribution in [0.3, 0.4) is 0 Å². The Bertz CT molecular complexity index is 1490. The summed E-state index contributed by atoms with van der Waals surface area (Å²) >= 11 is 6.18. The molecule has 0 radical (unpaired) electrons. The number of nitrogens with zero attached hydrogens (tertiary/aromatic N) is 6. The Hall–Kier alpha value is -5.10. The van der Waals surface area contributed by atoms with Crippen LogP contribution in [0.2, 0.25) is 5.02 Å². The van der Waals surface area contributed by atoms with Gasteiger partial charge in [-0.2, -0.15) is 0 Å². The average molecular weight is 543 g/mol. The van der Waals surface area contributed by atoms with E-state index in [1.807, 2.05) is 30.3 Å². The summed E-state index contributed by atoms with van der Waals surface area (Å²) in [6.45, 7) is 0.393. The van der Waals surface area contributed by atoms with E-state index in [9.17, 15) is 9.59 Å². The van der Waals surface area contributed by atoms with Crippen molar-refractivity contribution in [2.24, 2.45) is 10.4 Å². The third-order valence-corrected chi connectivity index (χ3v) is 6.05. The monoisotopic (exact) mass is 542 g/mol. The van der Waals surface area contributed by atoms with Crippen LogP contribution in [0.15, 0.2) is 89.3 Å². The van der Waals surface area contributed by atoms with Crippen LogP contribution in [0.5, 0.6) is 0 Å². The van der Waals surface area contributed by atoms with Crippen LogP contribution in [0, 0.1) is 0 Å². The van der Waals surface area contributed by atoms with E-state index >= 15 is 0 Å². The molecule has 4 aromatic rings. The Balaban J connectivity index is 1.30. The highest BCUT2D eigenvalue weighted by Gasteiger charge is 2.21. The number of hydrogen-bond donors (Lipinski definition) is 4. The molecule has 0 unspecified atom stereocenters. The third kappa shape index (κ3) is 6.62. The van der Waals surface area contributed by atoms with Crippen LogP contribution in [0.4, 0.5) is 11.4 Å². The van der Waals surface area contributed by atoms with Gasteiger partial charge in [0, 0.05) is 34.3 Å². The Morgan fingerprint density at radius 3 is 2.62 bits per heavy atom. The molecular formula is C26H23ClN10O2. The Morgan fingerprint density at radius 2 is 1.90 bits per heavy atom. The minimum absolute atomic E-state index is 0.302. The predicted molar refractivity (Wildman–Crippen MR) is 146 cm³/mol. The lowest BCUT2D eigenvalue weighted by molar-refractivity contribution is -0.123. The lowest BCUT2D eigenvalue weighted by Gasteiger charge is -2.18. The highest BCUT2D eigenvalue weighted by Crippen LogP contribution is 2.27. The largest absolute Gasteiger partial charge is 0.340 e. The number of nitrogens with one attached hydrogen (secondary N) is 4. The number of aromatic amines is 1. The van der Waals surface area contributed by atoms with Crippen molar-refractivity contribution in [3.05, 3.63) is 95.0 Å². The highest BCUT2D eigenvalue weighted by molar-refractivity contribution is 6.30. The number of carbonyl (C=O) groups is 2. The molecule has 0 aliphatic carbocycles. The van der Waals surface area contributed by atoms with Gasteiger partial charge < -0.3 is 10.6 Å². The number of halogens is 1. The van der Waals surface area contributed by atoms with Gasteiger partial charge in [-0.1, -0.05) is 47.2 Å². The molecule has 1 aliphatic rings. The van der Waals surface area contributed by atoms with Crippen molar-refractivity contribution in [2.75, 3.05) is 17.0 Å². The molecule has 0 spiro atoms. The van der Waals surface area contributed by atoms with Gasteiger partial charge in [0.1, 0.15) is 12.7 Å². The number of hydrogen-bond acceptors (Lipinski definition) is 9. The van der Waals surface area contributed by atoms with Crippen molar-refractivity contribution in [3.8, 4) is 11.4 Å². The molecule has 196 valence electrons. The molecule has 0 saturated heterocycles. The first kappa shape index (κ1) is 25.5. The average Bonchev–Trinajstić information content (AvgIpc) is 3.68. The van der Waals surface area contributed by atoms with E-state index < -0.39 is 11.9 Å². The fourth-order valence-electron chi connectivity index (χ4n) is 3.91. The molecule has 12 nitrogen and oxygen atoms in total. The van der Waals surface area contributed by atoms with E-state index in [1.165, 1.54) is 6.08 Å². The van der Waals surface area contributed by atoms with E-state index in [-0.39, 0.29) is 5.91 Å². The molecule has 0 saturated carbocycles. The molecular weight excluding hydrogens is 520 g/mol. The van der Waals surface area contributed by atoms with Gasteiger partial charge in [0.25, 0.3) is 0 Å². The van der Waals surface area contributed by atoms with Crippen molar-refractivity contribution >= 4 is 40.9 Å². The second kappa shape index (κ2) is 12.0. The van der Waals surface area contributed by atoms with Crippen LogP contribution in [-0.2, 0) is 16.0 Å². The maximum Gasteiger partial charge on any atom is 0.247 e. The molecule has 1 aliphatic heterocycles. The van der Waals surface area contributed by atoms with E-state index in [2.05, 4.69) is 47.1 Å². The molecule has 39 heavy (non-hydrogen) atoms. The number of rotatable bonds is 9. The lowest BCUT2D eigenvalue weighted by Crippen LogP contribution is -2.44. The van der Waals surface area contributed by atoms with Crippen LogP contribution in [0.1, 0.15) is 11.1 Å². The van der Waals surface area contributed by atoms with Gasteiger partial charge in [0.2, 0.25) is 11.8 Å². The Morgan fingerprint density at radius 1 is 1.08 bits per heavy atom. The first-order chi connectivity index (χ1) is 19.0. The standard InChI is InChI=1S/C26H23ClN10O2/c27-20-9-12-23(37-16-28-33-36-37)19(15-20)8-13-24(38)30-22(14-17-4-2-1-3-5-17)26(39)29-21-10-6-18(7-11-21)25-31-34-35-32-25/h1-13,15,22H,14,16H2,(H,28,36)(H,29,39)(H,30,38)(H,31,32,34,35)/b13-8+/t22-/m0/s1. The molecule has 1 aromatic heterocycles. The zero-order valence-corrected chi connectivity index (χ0v) is 21.2. The van der Waals surface area contributed by atoms with Crippen molar-refractivity contribution in [3.63, 3.8) is 0 Å². The van der Waals surface area contributed by atoms with Gasteiger partial charge in [-0.05, 0) is 69.8 Å². The quantitative estimate of drug-likeness (QED) is 0.236. The third-order valence-electron chi connectivity index (χ3n) is 5.81. The maximum absolute atomic E-state index is 13.3. The topological polar surface area (TPSA) is 153 Å². The number of benzene rings is 3. The summed E-state index contributed by atoms with van der Waals surface area (Å²) in [5.41, 5.74) is 6.39. The number of aromatic nitrogens is 4. The number of tetrazole rings is 1. The summed E-state index contributed by atoms with van der Waals surface area (Å²) < 4.78 is 0. The fourth-order valence-corrected chi connectivity index (χ4v) is 4.09. The van der Waals surface area contributed by atoms with Crippen molar-refractivity contribution in [2.45, 2.75) is 12.5 Å². The fraction of sp³-hybridized carbons (Fsp3) is 0.115. The van der Waals surface area contributed by atoms with Gasteiger partial charge in [-0.3, -0.25) is 15.0 Å². The van der Waals surface area contributed by atoms with Gasteiger partial charge in [0.05, 0.1) is 5.69 Å². The van der Waals surface area contributed by atoms with Crippen LogP contribution in [-0.4, -0.2) is 45.1 Å². The molecule has 0 fully saturated rings. The number of carbonyl (C=O) groups excluding carboxylic acids is 2. The first-order valence-electron chi connectivity index (χ1n) is 11.9. The zero-order valence-electron chi connectivity index (χ0n) is 20.5. The van der Waals surface area contributed by atoms with Gasteiger partial charge >= 0.3 is 0 Å². The summed E-state index contributed by atoms with van der Waals surface area (Å²) in [5, 5.41) is 29.3. The molecule has 2 heterocycles. The van der Waals surface area contributed by atoms with Crippen molar-refractivity contribution < 1.29 is 9.59 Å². The summed E-state index contributed by atoms with van der Waals surface area (Å²) in [7, 11) is 0. The van der Waals surface area contributed by atoms with E-state index in [0.29, 0.717) is 35.2 Å². The highest BCUT2D eigenvalue weighted by atomic mass is 35.5. The van der Waals surface area contributed by atoms with E-state index in [0.717, 1.165) is 16.8 Å². The molecule has 2 amide bonds. The minimum atomic E-state index is -0.835. The van der Waals surface area contributed by atoms with Crippen LogP contribution in [0.25, 0.3) is 17.5 Å². The van der Waals surface area contributed by atoms with Crippen LogP contribution < -0.4 is 21.1 Å². The number of anilines is 2. The van der Waals surface area contributed by atoms with Gasteiger partial charge in [-0.25, -0.2) is 10.1 Å². The SMILES string of the molecule is O=C(/C=C/c1cc(Cl)ccc1N1CNN=N1)N[C@@H](Cc1ccccc1)C(=O)Nc1ccc(-c2nnn[nH]2)cc1. The van der Waals surface area contributed by atoms with Crippen LogP contribution >= 0.6 is 11.6 Å². The predicted octanol–water partition coefficient (Wildman–Crippen LogP) is 3.55. The van der Waals surface area contributed by atoms with E-state index in [4.69, 9.17) is 11.6 Å². The van der Waals surface area contributed by atoms with E-state index in [1.54, 1.807) is 53.5 Å². The zero-order chi connectivity index (χ0) is 27.0. The second-order valence-electron chi connectivity index (χ2n) is 8.51. The van der Waals surface area contributed by atoms with Crippen molar-refractivity contribution in [1.29, 1.82) is 0 Å². The minimum Gasteiger partial charge on any atom is -0.340 e. The second-order valence-corrected chi connectivity index (χ2v) is 8.95. The summed E-state index contributed by atoms with van der Waals surface area (Å²) in [6, 6.07) is 20.9. The normalized spacial score (nSPS) is 13.3. The summed E-state index contributed by atoms with van der Waals surface area (Å²) in [4.78, 5) is 26.2. The Labute approximate surface area is 228 Å². The van der Waals surface area contributed by atoms with Gasteiger partial charge in [0.15, 0.2) is 5.82 Å². The van der Waals surface area contributed by atoms with Crippen molar-refractivity contribution in [1.82, 2.24) is 31.4 Å². The number of H-pyrrole nitrogens is 1. The summed E-state index contributed by atoms with van der Waals surface area (Å²) in [6.07, 6.45) is 3.29.